The van der Waals surface area contributed by atoms with Crippen LogP contribution in [0.15, 0.2) is 10.9 Å². The van der Waals surface area contributed by atoms with Crippen molar-refractivity contribution >= 4 is 24.2 Å². The Hall–Kier alpha value is -1.90. The maximum Gasteiger partial charge on any atom is 0.306 e. The van der Waals surface area contributed by atoms with Gasteiger partial charge in [-0.05, 0) is 13.3 Å². The van der Waals surface area contributed by atoms with Gasteiger partial charge in [-0.3, -0.25) is 14.4 Å². The molecule has 0 amide bonds. The summed E-state index contributed by atoms with van der Waals surface area (Å²) in [6.07, 6.45) is 0.595. The van der Waals surface area contributed by atoms with E-state index in [1.54, 1.807) is 18.6 Å². The number of rotatable bonds is 10. The van der Waals surface area contributed by atoms with Gasteiger partial charge in [0.05, 0.1) is 13.0 Å². The van der Waals surface area contributed by atoms with Gasteiger partial charge in [0.25, 0.3) is 0 Å². The Morgan fingerprint density at radius 3 is 2.60 bits per heavy atom. The fourth-order valence-electron chi connectivity index (χ4n) is 2.21. The number of hydrogen-bond donors (Lipinski definition) is 2. The van der Waals surface area contributed by atoms with E-state index < -0.39 is 17.1 Å². The number of ketones is 1. The van der Waals surface area contributed by atoms with E-state index in [1.165, 1.54) is 6.07 Å². The maximum atomic E-state index is 11.8. The highest BCUT2D eigenvalue weighted by atomic mass is 35.5. The molecule has 0 saturated carbocycles. The van der Waals surface area contributed by atoms with Crippen molar-refractivity contribution in [3.63, 3.8) is 0 Å². The molecule has 0 spiro atoms. The number of methoxy groups -OCH3 is 1. The van der Waals surface area contributed by atoms with Gasteiger partial charge in [0.15, 0.2) is 5.75 Å². The van der Waals surface area contributed by atoms with E-state index in [2.05, 4.69) is 0 Å². The largest absolute Gasteiger partial charge is 0.503 e. The van der Waals surface area contributed by atoms with Crippen LogP contribution < -0.4 is 11.2 Å². The van der Waals surface area contributed by atoms with Gasteiger partial charge in [0, 0.05) is 38.4 Å². The van der Waals surface area contributed by atoms with Crippen molar-refractivity contribution < 1.29 is 24.2 Å². The number of carbonyl (C=O) groups is 2. The SMILES string of the molecule is COCCCn1c(C)cc(=O)c(O)c1COC(=O)CCC(=O)CN.Cl. The lowest BCUT2D eigenvalue weighted by atomic mass is 10.2. The highest BCUT2D eigenvalue weighted by molar-refractivity contribution is 5.85. The third kappa shape index (κ3) is 7.25. The fourth-order valence-corrected chi connectivity index (χ4v) is 2.21. The Morgan fingerprint density at radius 1 is 1.32 bits per heavy atom. The number of nitrogens with zero attached hydrogens (tertiary/aromatic N) is 1. The summed E-state index contributed by atoms with van der Waals surface area (Å²) in [6.45, 7) is 2.40. The molecule has 0 radical (unpaired) electrons. The summed E-state index contributed by atoms with van der Waals surface area (Å²) < 4.78 is 11.8. The number of carbonyl (C=O) groups excluding carboxylic acids is 2. The van der Waals surface area contributed by atoms with Crippen molar-refractivity contribution in [1.82, 2.24) is 4.57 Å². The van der Waals surface area contributed by atoms with Crippen LogP contribution in [0.2, 0.25) is 0 Å². The van der Waals surface area contributed by atoms with Crippen molar-refractivity contribution in [2.75, 3.05) is 20.3 Å². The van der Waals surface area contributed by atoms with E-state index in [0.717, 1.165) is 0 Å². The molecular weight excluding hydrogens is 352 g/mol. The van der Waals surface area contributed by atoms with E-state index in [1.807, 2.05) is 0 Å². The van der Waals surface area contributed by atoms with Crippen molar-refractivity contribution in [3.05, 3.63) is 27.7 Å². The molecular formula is C16H25ClN2O6. The molecule has 1 aromatic rings. The Bertz CT molecular complexity index is 644. The minimum absolute atomic E-state index is 0. The molecule has 0 aliphatic rings. The summed E-state index contributed by atoms with van der Waals surface area (Å²) in [6, 6.07) is 1.33. The van der Waals surface area contributed by atoms with Crippen molar-refractivity contribution in [3.8, 4) is 5.75 Å². The molecule has 9 heteroatoms. The highest BCUT2D eigenvalue weighted by Crippen LogP contribution is 2.16. The number of aromatic nitrogens is 1. The molecule has 1 aromatic heterocycles. The standard InChI is InChI=1S/C16H24N2O6.ClH/c1-11-8-14(20)16(22)13(18(11)6-3-7-23-2)10-24-15(21)5-4-12(19)9-17;/h8,22H,3-7,9-10,17H2,1-2H3;1H. The van der Waals surface area contributed by atoms with Crippen LogP contribution in [0.4, 0.5) is 0 Å². The number of Topliss-reactive ketones (excluding diaryl/α,β-unsaturated/α-hetero) is 1. The van der Waals surface area contributed by atoms with Gasteiger partial charge in [-0.15, -0.1) is 12.4 Å². The number of aryl methyl sites for hydroxylation is 1. The van der Waals surface area contributed by atoms with Crippen LogP contribution in [-0.4, -0.2) is 41.7 Å². The number of halogens is 1. The number of hydrogen-bond acceptors (Lipinski definition) is 7. The van der Waals surface area contributed by atoms with Gasteiger partial charge in [-0.2, -0.15) is 0 Å². The minimum Gasteiger partial charge on any atom is -0.503 e. The second kappa shape index (κ2) is 11.6. The number of pyridine rings is 1. The lowest BCUT2D eigenvalue weighted by Gasteiger charge is -2.18. The van der Waals surface area contributed by atoms with Crippen LogP contribution in [0.3, 0.4) is 0 Å². The molecule has 142 valence electrons. The average Bonchev–Trinajstić information content (AvgIpc) is 2.56. The molecule has 0 saturated heterocycles. The highest BCUT2D eigenvalue weighted by Gasteiger charge is 2.15. The summed E-state index contributed by atoms with van der Waals surface area (Å²) >= 11 is 0. The molecule has 0 atom stereocenters. The molecule has 3 N–H and O–H groups in total. The Kier molecular flexibility index (Phi) is 10.7. The van der Waals surface area contributed by atoms with Crippen LogP contribution in [0.25, 0.3) is 0 Å². The minimum atomic E-state index is -0.589. The molecule has 0 aromatic carbocycles. The van der Waals surface area contributed by atoms with E-state index in [0.29, 0.717) is 25.3 Å². The third-order valence-electron chi connectivity index (χ3n) is 3.53. The van der Waals surface area contributed by atoms with Gasteiger partial charge in [-0.1, -0.05) is 0 Å². The quantitative estimate of drug-likeness (QED) is 0.454. The van der Waals surface area contributed by atoms with Gasteiger partial charge in [-0.25, -0.2) is 0 Å². The van der Waals surface area contributed by atoms with Crippen LogP contribution in [0.1, 0.15) is 30.7 Å². The molecule has 1 rings (SSSR count). The molecule has 0 bridgehead atoms. The van der Waals surface area contributed by atoms with Crippen molar-refractivity contribution in [1.29, 1.82) is 0 Å². The summed E-state index contributed by atoms with van der Waals surface area (Å²) in [5.41, 5.74) is 5.53. The first-order valence-corrected chi connectivity index (χ1v) is 7.69. The first kappa shape index (κ1) is 23.1. The average molecular weight is 377 g/mol. The monoisotopic (exact) mass is 376 g/mol. The van der Waals surface area contributed by atoms with Crippen molar-refractivity contribution in [2.45, 2.75) is 39.3 Å². The van der Waals surface area contributed by atoms with Crippen LogP contribution in [-0.2, 0) is 32.2 Å². The fraction of sp³-hybridized carbons (Fsp3) is 0.562. The molecule has 1 heterocycles. The van der Waals surface area contributed by atoms with Gasteiger partial charge >= 0.3 is 5.97 Å². The maximum absolute atomic E-state index is 11.8. The molecule has 0 aliphatic carbocycles. The van der Waals surface area contributed by atoms with E-state index in [9.17, 15) is 19.5 Å². The predicted octanol–water partition coefficient (Wildman–Crippen LogP) is 0.672. The zero-order valence-electron chi connectivity index (χ0n) is 14.4. The lowest BCUT2D eigenvalue weighted by molar-refractivity contribution is -0.146. The zero-order chi connectivity index (χ0) is 18.1. The normalized spacial score (nSPS) is 10.2. The van der Waals surface area contributed by atoms with Gasteiger partial charge < -0.3 is 24.9 Å². The Labute approximate surface area is 152 Å². The summed E-state index contributed by atoms with van der Waals surface area (Å²) in [5, 5.41) is 10.0. The molecule has 25 heavy (non-hydrogen) atoms. The van der Waals surface area contributed by atoms with Crippen LogP contribution >= 0.6 is 12.4 Å². The third-order valence-corrected chi connectivity index (χ3v) is 3.53. The molecule has 8 nitrogen and oxygen atoms in total. The molecule has 0 fully saturated rings. The Balaban J connectivity index is 0.00000576. The van der Waals surface area contributed by atoms with Crippen LogP contribution in [0, 0.1) is 6.92 Å². The summed E-state index contributed by atoms with van der Waals surface area (Å²) in [5.74, 6) is -1.26. The predicted molar refractivity (Wildman–Crippen MR) is 93.9 cm³/mol. The summed E-state index contributed by atoms with van der Waals surface area (Å²) in [7, 11) is 1.58. The van der Waals surface area contributed by atoms with E-state index in [4.69, 9.17) is 15.2 Å². The number of nitrogens with two attached hydrogens (primary N) is 1. The number of esters is 1. The number of aromatic hydroxyl groups is 1. The smallest absolute Gasteiger partial charge is 0.306 e. The van der Waals surface area contributed by atoms with E-state index in [-0.39, 0.29) is 49.9 Å². The second-order valence-corrected chi connectivity index (χ2v) is 5.35. The molecule has 0 aliphatic heterocycles. The molecule has 0 unspecified atom stereocenters. The van der Waals surface area contributed by atoms with Gasteiger partial charge in [0.2, 0.25) is 5.43 Å². The van der Waals surface area contributed by atoms with Crippen LogP contribution in [0.5, 0.6) is 5.75 Å². The first-order valence-electron chi connectivity index (χ1n) is 7.69. The second-order valence-electron chi connectivity index (χ2n) is 5.35. The van der Waals surface area contributed by atoms with E-state index >= 15 is 0 Å². The van der Waals surface area contributed by atoms with Gasteiger partial charge in [0.1, 0.15) is 18.1 Å². The Morgan fingerprint density at radius 2 is 2.00 bits per heavy atom. The topological polar surface area (TPSA) is 121 Å². The number of ether oxygens (including phenoxy) is 2. The summed E-state index contributed by atoms with van der Waals surface area (Å²) in [4.78, 5) is 34.5. The first-order chi connectivity index (χ1) is 11.4. The lowest BCUT2D eigenvalue weighted by Crippen LogP contribution is -2.20. The zero-order valence-corrected chi connectivity index (χ0v) is 15.3. The van der Waals surface area contributed by atoms with Crippen molar-refractivity contribution in [2.24, 2.45) is 5.73 Å².